The number of carbonyl (C=O) groups is 1. The van der Waals surface area contributed by atoms with E-state index in [2.05, 4.69) is 10.3 Å². The van der Waals surface area contributed by atoms with Gasteiger partial charge in [-0.05, 0) is 42.8 Å². The molecule has 140 valence electrons. The lowest BCUT2D eigenvalue weighted by Gasteiger charge is -2.14. The molecule has 27 heavy (non-hydrogen) atoms. The Balaban J connectivity index is 2.08. The van der Waals surface area contributed by atoms with Crippen LogP contribution in [-0.2, 0) is 11.3 Å². The molecule has 0 unspecified atom stereocenters. The molecule has 3 aromatic rings. The van der Waals surface area contributed by atoms with Crippen LogP contribution in [0.25, 0.3) is 10.9 Å². The number of pyridine rings is 1. The summed E-state index contributed by atoms with van der Waals surface area (Å²) in [4.78, 5) is 27.6. The number of rotatable bonds is 6. The van der Waals surface area contributed by atoms with Crippen LogP contribution in [0.15, 0.2) is 47.3 Å². The fourth-order valence-electron chi connectivity index (χ4n) is 2.83. The lowest BCUT2D eigenvalue weighted by atomic mass is 10.1. The van der Waals surface area contributed by atoms with E-state index < -0.39 is 11.5 Å². The van der Waals surface area contributed by atoms with Crippen LogP contribution >= 0.6 is 11.6 Å². The molecular weight excluding hydrogens is 368 g/mol. The number of esters is 1. The van der Waals surface area contributed by atoms with Crippen molar-refractivity contribution in [2.45, 2.75) is 13.5 Å². The largest absolute Gasteiger partial charge is 0.497 e. The zero-order chi connectivity index (χ0) is 19.4. The minimum atomic E-state index is -0.677. The van der Waals surface area contributed by atoms with Crippen molar-refractivity contribution < 1.29 is 14.3 Å². The number of benzene rings is 2. The Morgan fingerprint density at radius 3 is 2.78 bits per heavy atom. The molecule has 3 rings (SSSR count). The minimum Gasteiger partial charge on any atom is -0.497 e. The van der Waals surface area contributed by atoms with Crippen molar-refractivity contribution in [1.29, 1.82) is 0 Å². The molecule has 0 aliphatic rings. The SMILES string of the molecule is CCOC(=O)c1c(NCc2cccc(OC)c2)c2ccc(Cl)cc2[nH]c1=O. The average molecular weight is 387 g/mol. The normalized spacial score (nSPS) is 10.6. The molecule has 1 heterocycles. The summed E-state index contributed by atoms with van der Waals surface area (Å²) in [5.74, 6) is 0.0474. The van der Waals surface area contributed by atoms with E-state index >= 15 is 0 Å². The number of nitrogens with one attached hydrogen (secondary N) is 2. The van der Waals surface area contributed by atoms with Gasteiger partial charge in [-0.25, -0.2) is 4.79 Å². The zero-order valence-electron chi connectivity index (χ0n) is 15.0. The van der Waals surface area contributed by atoms with E-state index in [0.29, 0.717) is 28.2 Å². The first-order valence-corrected chi connectivity index (χ1v) is 8.80. The van der Waals surface area contributed by atoms with Gasteiger partial charge in [0.25, 0.3) is 5.56 Å². The van der Waals surface area contributed by atoms with Crippen LogP contribution in [0.4, 0.5) is 5.69 Å². The molecule has 0 bridgehead atoms. The third-order valence-electron chi connectivity index (χ3n) is 4.06. The van der Waals surface area contributed by atoms with Crippen molar-refractivity contribution in [2.24, 2.45) is 0 Å². The first-order chi connectivity index (χ1) is 13.0. The van der Waals surface area contributed by atoms with Gasteiger partial charge in [0.05, 0.1) is 24.9 Å². The number of hydrogen-bond acceptors (Lipinski definition) is 5. The van der Waals surface area contributed by atoms with Gasteiger partial charge in [0, 0.05) is 17.0 Å². The standard InChI is InChI=1S/C20H19ClN2O4/c1-3-27-20(25)17-18(22-11-12-5-4-6-14(9-12)26-2)15-8-7-13(21)10-16(15)23-19(17)24/h4-10H,3,11H2,1-2H3,(H2,22,23,24). The number of aromatic nitrogens is 1. The maximum Gasteiger partial charge on any atom is 0.345 e. The lowest BCUT2D eigenvalue weighted by Crippen LogP contribution is -2.23. The first kappa shape index (κ1) is 18.8. The number of hydrogen-bond donors (Lipinski definition) is 2. The maximum atomic E-state index is 12.5. The fourth-order valence-corrected chi connectivity index (χ4v) is 3.00. The van der Waals surface area contributed by atoms with Crippen molar-refractivity contribution in [3.63, 3.8) is 0 Å². The minimum absolute atomic E-state index is 0.0606. The van der Waals surface area contributed by atoms with E-state index in [0.717, 1.165) is 11.3 Å². The number of fused-ring (bicyclic) bond motifs is 1. The Labute approximate surface area is 161 Å². The highest BCUT2D eigenvalue weighted by atomic mass is 35.5. The smallest absolute Gasteiger partial charge is 0.345 e. The highest BCUT2D eigenvalue weighted by molar-refractivity contribution is 6.31. The van der Waals surface area contributed by atoms with Crippen LogP contribution in [0.5, 0.6) is 5.75 Å². The second-order valence-corrected chi connectivity index (χ2v) is 6.26. The summed E-state index contributed by atoms with van der Waals surface area (Å²) in [7, 11) is 1.60. The Hall–Kier alpha value is -2.99. The Morgan fingerprint density at radius 1 is 1.22 bits per heavy atom. The molecule has 0 radical (unpaired) electrons. The third-order valence-corrected chi connectivity index (χ3v) is 4.29. The molecule has 0 saturated carbocycles. The second kappa shape index (κ2) is 8.14. The third kappa shape index (κ3) is 4.06. The van der Waals surface area contributed by atoms with E-state index in [1.165, 1.54) is 0 Å². The summed E-state index contributed by atoms with van der Waals surface area (Å²) >= 11 is 6.03. The molecule has 0 amide bonds. The van der Waals surface area contributed by atoms with E-state index in [4.69, 9.17) is 21.1 Å². The number of halogens is 1. The quantitative estimate of drug-likeness (QED) is 0.626. The summed E-state index contributed by atoms with van der Waals surface area (Å²) in [6, 6.07) is 12.6. The summed E-state index contributed by atoms with van der Waals surface area (Å²) < 4.78 is 10.3. The lowest BCUT2D eigenvalue weighted by molar-refractivity contribution is 0.0525. The van der Waals surface area contributed by atoms with Gasteiger partial charge in [-0.3, -0.25) is 4.79 Å². The summed E-state index contributed by atoms with van der Waals surface area (Å²) in [5.41, 5.74) is 1.29. The highest BCUT2D eigenvalue weighted by Crippen LogP contribution is 2.27. The first-order valence-electron chi connectivity index (χ1n) is 8.43. The van der Waals surface area contributed by atoms with Crippen molar-refractivity contribution in [3.05, 3.63) is 69.0 Å². The van der Waals surface area contributed by atoms with Crippen LogP contribution in [0.3, 0.4) is 0 Å². The topological polar surface area (TPSA) is 80.4 Å². The Bertz CT molecular complexity index is 1050. The van der Waals surface area contributed by atoms with Crippen LogP contribution in [0.1, 0.15) is 22.8 Å². The number of ether oxygens (including phenoxy) is 2. The molecule has 6 nitrogen and oxygen atoms in total. The predicted molar refractivity (Wildman–Crippen MR) is 106 cm³/mol. The number of anilines is 1. The zero-order valence-corrected chi connectivity index (χ0v) is 15.7. The van der Waals surface area contributed by atoms with Gasteiger partial charge in [0.15, 0.2) is 0 Å². The number of methoxy groups -OCH3 is 1. The van der Waals surface area contributed by atoms with Gasteiger partial charge in [-0.2, -0.15) is 0 Å². The van der Waals surface area contributed by atoms with Crippen molar-refractivity contribution in [2.75, 3.05) is 19.0 Å². The van der Waals surface area contributed by atoms with Gasteiger partial charge in [0.2, 0.25) is 0 Å². The van der Waals surface area contributed by atoms with Crippen LogP contribution in [0.2, 0.25) is 5.02 Å². The average Bonchev–Trinajstić information content (AvgIpc) is 2.65. The summed E-state index contributed by atoms with van der Waals surface area (Å²) in [5, 5.41) is 4.36. The second-order valence-electron chi connectivity index (χ2n) is 5.82. The Morgan fingerprint density at radius 2 is 2.04 bits per heavy atom. The van der Waals surface area contributed by atoms with Gasteiger partial charge in [0.1, 0.15) is 11.3 Å². The molecule has 1 aromatic heterocycles. The monoisotopic (exact) mass is 386 g/mol. The molecule has 0 aliphatic carbocycles. The predicted octanol–water partition coefficient (Wildman–Crippen LogP) is 3.98. The van der Waals surface area contributed by atoms with E-state index in [1.54, 1.807) is 32.2 Å². The fraction of sp³-hybridized carbons (Fsp3) is 0.200. The summed E-state index contributed by atoms with van der Waals surface area (Å²) in [6.45, 7) is 2.26. The van der Waals surface area contributed by atoms with Crippen LogP contribution < -0.4 is 15.6 Å². The van der Waals surface area contributed by atoms with E-state index in [-0.39, 0.29) is 12.2 Å². The molecule has 0 aliphatic heterocycles. The van der Waals surface area contributed by atoms with Gasteiger partial charge >= 0.3 is 5.97 Å². The van der Waals surface area contributed by atoms with Gasteiger partial charge < -0.3 is 19.8 Å². The van der Waals surface area contributed by atoms with Crippen LogP contribution in [-0.4, -0.2) is 24.7 Å². The molecule has 0 saturated heterocycles. The molecular formula is C20H19ClN2O4. The molecule has 0 fully saturated rings. The Kier molecular flexibility index (Phi) is 5.66. The van der Waals surface area contributed by atoms with Crippen molar-refractivity contribution in [3.8, 4) is 5.75 Å². The van der Waals surface area contributed by atoms with E-state index in [9.17, 15) is 9.59 Å². The number of carbonyl (C=O) groups excluding carboxylic acids is 1. The maximum absolute atomic E-state index is 12.5. The molecule has 7 heteroatoms. The van der Waals surface area contributed by atoms with E-state index in [1.807, 2.05) is 24.3 Å². The van der Waals surface area contributed by atoms with Crippen molar-refractivity contribution in [1.82, 2.24) is 4.98 Å². The molecule has 0 spiro atoms. The highest BCUT2D eigenvalue weighted by Gasteiger charge is 2.20. The number of aromatic amines is 1. The van der Waals surface area contributed by atoms with Gasteiger partial charge in [-0.15, -0.1) is 0 Å². The number of H-pyrrole nitrogens is 1. The van der Waals surface area contributed by atoms with Crippen LogP contribution in [0, 0.1) is 0 Å². The molecule has 2 N–H and O–H groups in total. The van der Waals surface area contributed by atoms with Gasteiger partial charge in [-0.1, -0.05) is 23.7 Å². The molecule has 2 aromatic carbocycles. The summed E-state index contributed by atoms with van der Waals surface area (Å²) in [6.07, 6.45) is 0. The molecule has 0 atom stereocenters. The van der Waals surface area contributed by atoms with Crippen molar-refractivity contribution >= 4 is 34.2 Å².